The summed E-state index contributed by atoms with van der Waals surface area (Å²) >= 11 is 8.26. The van der Waals surface area contributed by atoms with Gasteiger partial charge in [-0.1, -0.05) is 24.9 Å². The minimum atomic E-state index is -3.39. The second-order valence-electron chi connectivity index (χ2n) is 5.55. The summed E-state index contributed by atoms with van der Waals surface area (Å²) < 4.78 is 27.1. The molecule has 1 aromatic carbocycles. The van der Waals surface area contributed by atoms with Gasteiger partial charge in [0.15, 0.2) is 0 Å². The highest BCUT2D eigenvalue weighted by atomic mass is 127. The fourth-order valence-corrected chi connectivity index (χ4v) is 5.37. The Morgan fingerprint density at radius 2 is 2.22 bits per heavy atom. The third kappa shape index (κ3) is 4.80. The van der Waals surface area contributed by atoms with Crippen LogP contribution in [0.3, 0.4) is 0 Å². The van der Waals surface area contributed by atoms with E-state index < -0.39 is 16.1 Å². The van der Waals surface area contributed by atoms with Crippen molar-refractivity contribution in [3.63, 3.8) is 0 Å². The van der Waals surface area contributed by atoms with Crippen molar-refractivity contribution in [2.45, 2.75) is 38.6 Å². The molecule has 8 heteroatoms. The molecule has 1 saturated heterocycles. The molecular formula is C15H20ClIN2O3S. The predicted molar refractivity (Wildman–Crippen MR) is 101 cm³/mol. The topological polar surface area (TPSA) is 66.5 Å². The van der Waals surface area contributed by atoms with Crippen LogP contribution < -0.4 is 5.32 Å². The number of hydrogen-bond donors (Lipinski definition) is 1. The molecule has 5 nitrogen and oxygen atoms in total. The molecule has 1 heterocycles. The highest BCUT2D eigenvalue weighted by Crippen LogP contribution is 2.27. The Balaban J connectivity index is 2.11. The van der Waals surface area contributed by atoms with Crippen LogP contribution in [-0.2, 0) is 14.8 Å². The van der Waals surface area contributed by atoms with Gasteiger partial charge in [0.2, 0.25) is 15.9 Å². The average molecular weight is 471 g/mol. The summed E-state index contributed by atoms with van der Waals surface area (Å²) in [5.74, 6) is -0.219. The zero-order valence-electron chi connectivity index (χ0n) is 12.9. The number of sulfonamides is 1. The van der Waals surface area contributed by atoms with E-state index in [4.69, 9.17) is 11.6 Å². The van der Waals surface area contributed by atoms with Crippen molar-refractivity contribution in [1.82, 2.24) is 4.31 Å². The van der Waals surface area contributed by atoms with E-state index in [1.165, 1.54) is 4.31 Å². The van der Waals surface area contributed by atoms with Gasteiger partial charge < -0.3 is 5.32 Å². The second kappa shape index (κ2) is 8.13. The summed E-state index contributed by atoms with van der Waals surface area (Å²) in [6.07, 6.45) is 2.65. The Morgan fingerprint density at radius 3 is 2.87 bits per heavy atom. The van der Waals surface area contributed by atoms with E-state index in [1.54, 1.807) is 12.1 Å². The van der Waals surface area contributed by atoms with Crippen LogP contribution in [0.1, 0.15) is 32.6 Å². The van der Waals surface area contributed by atoms with Gasteiger partial charge in [-0.15, -0.1) is 0 Å². The molecule has 1 amide bonds. The number of carbonyl (C=O) groups excluding carboxylic acids is 1. The number of nitrogens with zero attached hydrogens (tertiary/aromatic N) is 1. The zero-order valence-corrected chi connectivity index (χ0v) is 16.6. The molecule has 0 saturated carbocycles. The number of hydrogen-bond acceptors (Lipinski definition) is 3. The van der Waals surface area contributed by atoms with Crippen LogP contribution in [-0.4, -0.2) is 37.0 Å². The molecule has 1 unspecified atom stereocenters. The van der Waals surface area contributed by atoms with Crippen molar-refractivity contribution in [1.29, 1.82) is 0 Å². The van der Waals surface area contributed by atoms with Gasteiger partial charge in [0.25, 0.3) is 0 Å². The first-order valence-electron chi connectivity index (χ1n) is 7.60. The lowest BCUT2D eigenvalue weighted by Gasteiger charge is -2.23. The lowest BCUT2D eigenvalue weighted by molar-refractivity contribution is -0.119. The van der Waals surface area contributed by atoms with E-state index in [2.05, 4.69) is 27.9 Å². The van der Waals surface area contributed by atoms with E-state index in [9.17, 15) is 13.2 Å². The Hall–Kier alpha value is -0.380. The Morgan fingerprint density at radius 1 is 1.48 bits per heavy atom. The standard InChI is InChI=1S/C15H20ClIN2O3S/c1-2-3-9-23(21,22)19-8-4-5-14(19)15(20)18-13-7-6-11(17)10-12(13)16/h6-7,10,14H,2-5,8-9H2,1H3,(H,18,20). The fourth-order valence-electron chi connectivity index (χ4n) is 2.59. The molecule has 2 rings (SSSR count). The van der Waals surface area contributed by atoms with E-state index in [-0.39, 0.29) is 11.7 Å². The van der Waals surface area contributed by atoms with Crippen molar-refractivity contribution >= 4 is 55.8 Å². The van der Waals surface area contributed by atoms with Crippen LogP contribution in [0.4, 0.5) is 5.69 Å². The number of halogens is 2. The number of nitrogens with one attached hydrogen (secondary N) is 1. The van der Waals surface area contributed by atoms with Gasteiger partial charge in [0.05, 0.1) is 16.5 Å². The van der Waals surface area contributed by atoms with Gasteiger partial charge in [-0.2, -0.15) is 4.31 Å². The highest BCUT2D eigenvalue weighted by molar-refractivity contribution is 14.1. The molecule has 0 aromatic heterocycles. The third-order valence-corrected chi connectivity index (χ3v) is 6.75. The first-order chi connectivity index (χ1) is 10.8. The number of rotatable bonds is 6. The largest absolute Gasteiger partial charge is 0.323 e. The number of carbonyl (C=O) groups is 1. The number of benzene rings is 1. The van der Waals surface area contributed by atoms with Crippen molar-refractivity contribution in [2.24, 2.45) is 0 Å². The van der Waals surface area contributed by atoms with Gasteiger partial charge >= 0.3 is 0 Å². The predicted octanol–water partition coefficient (Wildman–Crippen LogP) is 3.48. The van der Waals surface area contributed by atoms with E-state index >= 15 is 0 Å². The molecular weight excluding hydrogens is 451 g/mol. The van der Waals surface area contributed by atoms with E-state index in [0.717, 1.165) is 9.99 Å². The fraction of sp³-hybridized carbons (Fsp3) is 0.533. The summed E-state index contributed by atoms with van der Waals surface area (Å²) in [6, 6.07) is 4.67. The lowest BCUT2D eigenvalue weighted by atomic mass is 10.2. The summed E-state index contributed by atoms with van der Waals surface area (Å²) in [5.41, 5.74) is 0.509. The summed E-state index contributed by atoms with van der Waals surface area (Å²) in [5, 5.41) is 3.21. The zero-order chi connectivity index (χ0) is 17.0. The van der Waals surface area contributed by atoms with Crippen LogP contribution >= 0.6 is 34.2 Å². The van der Waals surface area contributed by atoms with E-state index in [0.29, 0.717) is 36.5 Å². The third-order valence-electron chi connectivity index (χ3n) is 3.81. The van der Waals surface area contributed by atoms with Crippen LogP contribution in [0.25, 0.3) is 0 Å². The first-order valence-corrected chi connectivity index (χ1v) is 10.7. The number of unbranched alkanes of at least 4 members (excludes halogenated alkanes) is 1. The molecule has 0 aliphatic carbocycles. The summed E-state index contributed by atoms with van der Waals surface area (Å²) in [6.45, 7) is 2.35. The van der Waals surface area contributed by atoms with Crippen LogP contribution in [0.15, 0.2) is 18.2 Å². The molecule has 0 spiro atoms. The van der Waals surface area contributed by atoms with Crippen molar-refractivity contribution < 1.29 is 13.2 Å². The Kier molecular flexibility index (Phi) is 6.70. The molecule has 0 radical (unpaired) electrons. The molecule has 128 valence electrons. The summed E-state index contributed by atoms with van der Waals surface area (Å²) in [4.78, 5) is 12.5. The maximum absolute atomic E-state index is 12.5. The molecule has 1 N–H and O–H groups in total. The number of amides is 1. The quantitative estimate of drug-likeness (QED) is 0.647. The molecule has 1 fully saturated rings. The molecule has 1 aliphatic heterocycles. The average Bonchev–Trinajstić information content (AvgIpc) is 2.98. The van der Waals surface area contributed by atoms with Crippen LogP contribution in [0.2, 0.25) is 5.02 Å². The smallest absolute Gasteiger partial charge is 0.242 e. The maximum Gasteiger partial charge on any atom is 0.242 e. The van der Waals surface area contributed by atoms with Crippen molar-refractivity contribution in [2.75, 3.05) is 17.6 Å². The van der Waals surface area contributed by atoms with Gasteiger partial charge in [-0.05, 0) is 60.1 Å². The van der Waals surface area contributed by atoms with Crippen molar-refractivity contribution in [3.05, 3.63) is 26.8 Å². The second-order valence-corrected chi connectivity index (χ2v) is 9.25. The molecule has 23 heavy (non-hydrogen) atoms. The van der Waals surface area contributed by atoms with Gasteiger partial charge in [-0.3, -0.25) is 4.79 Å². The van der Waals surface area contributed by atoms with Gasteiger partial charge in [-0.25, -0.2) is 8.42 Å². The monoisotopic (exact) mass is 470 g/mol. The lowest BCUT2D eigenvalue weighted by Crippen LogP contribution is -2.44. The number of anilines is 1. The normalized spacial score (nSPS) is 19.0. The first kappa shape index (κ1) is 19.0. The minimum absolute atomic E-state index is 0.0948. The molecule has 0 bridgehead atoms. The van der Waals surface area contributed by atoms with Gasteiger partial charge in [0.1, 0.15) is 6.04 Å². The molecule has 1 aromatic rings. The highest BCUT2D eigenvalue weighted by Gasteiger charge is 2.38. The SMILES string of the molecule is CCCCS(=O)(=O)N1CCCC1C(=O)Nc1ccc(I)cc1Cl. The maximum atomic E-state index is 12.5. The van der Waals surface area contributed by atoms with Crippen molar-refractivity contribution in [3.8, 4) is 0 Å². The van der Waals surface area contributed by atoms with Crippen LogP contribution in [0, 0.1) is 3.57 Å². The molecule has 1 atom stereocenters. The summed E-state index contributed by atoms with van der Waals surface area (Å²) in [7, 11) is -3.39. The van der Waals surface area contributed by atoms with E-state index in [1.807, 2.05) is 13.0 Å². The Bertz CT molecular complexity index is 681. The Labute approximate surface area is 156 Å². The van der Waals surface area contributed by atoms with Crippen LogP contribution in [0.5, 0.6) is 0 Å². The minimum Gasteiger partial charge on any atom is -0.323 e. The molecule has 1 aliphatic rings. The van der Waals surface area contributed by atoms with Gasteiger partial charge in [0, 0.05) is 10.1 Å².